The standard InChI is InChI=1S/C21H23N5O/c1-14-7-15(2)19-18(8-14)20(16(9-22)10-23-19)26-5-6-27-21(3,13-26)17-11-24-25(4)12-17/h7-8,10-12H,5-6,13H2,1-4H3. The van der Waals surface area contributed by atoms with E-state index < -0.39 is 5.60 Å². The largest absolute Gasteiger partial charge is 0.367 e. The van der Waals surface area contributed by atoms with Crippen LogP contribution in [0.1, 0.15) is 29.2 Å². The molecule has 1 aliphatic heterocycles. The minimum Gasteiger partial charge on any atom is -0.367 e. The molecule has 3 aromatic rings. The zero-order chi connectivity index (χ0) is 19.2. The molecule has 0 N–H and O–H groups in total. The highest BCUT2D eigenvalue weighted by Crippen LogP contribution is 2.37. The van der Waals surface area contributed by atoms with Crippen molar-refractivity contribution >= 4 is 16.6 Å². The molecule has 0 amide bonds. The fourth-order valence-corrected chi connectivity index (χ4v) is 4.00. The number of benzene rings is 1. The van der Waals surface area contributed by atoms with Crippen molar-refractivity contribution < 1.29 is 4.74 Å². The molecule has 2 aromatic heterocycles. The van der Waals surface area contributed by atoms with Gasteiger partial charge in [-0.25, -0.2) is 0 Å². The van der Waals surface area contributed by atoms with Crippen LogP contribution in [0.4, 0.5) is 5.69 Å². The Bertz CT molecular complexity index is 1060. The number of rotatable bonds is 2. The summed E-state index contributed by atoms with van der Waals surface area (Å²) in [4.78, 5) is 6.81. The van der Waals surface area contributed by atoms with Crippen molar-refractivity contribution in [2.45, 2.75) is 26.4 Å². The Kier molecular flexibility index (Phi) is 4.12. The number of aryl methyl sites for hydroxylation is 3. The van der Waals surface area contributed by atoms with E-state index in [2.05, 4.69) is 54.0 Å². The number of fused-ring (bicyclic) bond motifs is 1. The molecule has 3 heterocycles. The Labute approximate surface area is 159 Å². The lowest BCUT2D eigenvalue weighted by Gasteiger charge is -2.41. The molecule has 1 aromatic carbocycles. The molecule has 138 valence electrons. The van der Waals surface area contributed by atoms with Gasteiger partial charge in [-0.2, -0.15) is 10.4 Å². The molecule has 1 unspecified atom stereocenters. The number of pyridine rings is 1. The van der Waals surface area contributed by atoms with E-state index in [1.807, 2.05) is 19.4 Å². The monoisotopic (exact) mass is 361 g/mol. The second-order valence-electron chi connectivity index (χ2n) is 7.51. The van der Waals surface area contributed by atoms with Gasteiger partial charge in [0.2, 0.25) is 0 Å². The maximum absolute atomic E-state index is 9.74. The summed E-state index contributed by atoms with van der Waals surface area (Å²) in [6, 6.07) is 6.59. The number of ether oxygens (including phenoxy) is 1. The number of anilines is 1. The summed E-state index contributed by atoms with van der Waals surface area (Å²) in [5, 5.41) is 15.1. The predicted molar refractivity (Wildman–Crippen MR) is 105 cm³/mol. The Balaban J connectivity index is 1.85. The van der Waals surface area contributed by atoms with Crippen molar-refractivity contribution in [3.05, 3.63) is 53.0 Å². The van der Waals surface area contributed by atoms with Gasteiger partial charge in [0.25, 0.3) is 0 Å². The Morgan fingerprint density at radius 2 is 2.07 bits per heavy atom. The lowest BCUT2D eigenvalue weighted by atomic mass is 9.95. The molecular weight excluding hydrogens is 338 g/mol. The maximum Gasteiger partial charge on any atom is 0.111 e. The summed E-state index contributed by atoms with van der Waals surface area (Å²) in [5.41, 5.74) is 5.35. The molecule has 1 saturated heterocycles. The van der Waals surface area contributed by atoms with E-state index in [0.717, 1.165) is 34.3 Å². The van der Waals surface area contributed by atoms with E-state index in [1.165, 1.54) is 5.56 Å². The summed E-state index contributed by atoms with van der Waals surface area (Å²) in [7, 11) is 1.91. The van der Waals surface area contributed by atoms with Gasteiger partial charge in [-0.05, 0) is 32.4 Å². The van der Waals surface area contributed by atoms with E-state index in [9.17, 15) is 5.26 Å². The first-order valence-corrected chi connectivity index (χ1v) is 9.09. The summed E-state index contributed by atoms with van der Waals surface area (Å²) in [5.74, 6) is 0. The molecule has 6 nitrogen and oxygen atoms in total. The average molecular weight is 361 g/mol. The summed E-state index contributed by atoms with van der Waals surface area (Å²) in [6.45, 7) is 8.20. The number of nitrogens with zero attached hydrogens (tertiary/aromatic N) is 5. The number of hydrogen-bond acceptors (Lipinski definition) is 5. The zero-order valence-electron chi connectivity index (χ0n) is 16.2. The van der Waals surface area contributed by atoms with Crippen molar-refractivity contribution in [2.24, 2.45) is 7.05 Å². The smallest absolute Gasteiger partial charge is 0.111 e. The average Bonchev–Trinajstić information content (AvgIpc) is 3.08. The predicted octanol–water partition coefficient (Wildman–Crippen LogP) is 3.21. The lowest BCUT2D eigenvalue weighted by Crippen LogP contribution is -2.48. The molecule has 0 radical (unpaired) electrons. The van der Waals surface area contributed by atoms with E-state index in [0.29, 0.717) is 18.7 Å². The van der Waals surface area contributed by atoms with Crippen molar-refractivity contribution in [1.82, 2.24) is 14.8 Å². The first-order chi connectivity index (χ1) is 12.9. The van der Waals surface area contributed by atoms with Crippen LogP contribution in [0.3, 0.4) is 0 Å². The van der Waals surface area contributed by atoms with Gasteiger partial charge in [-0.1, -0.05) is 11.6 Å². The van der Waals surface area contributed by atoms with Gasteiger partial charge in [0.05, 0.1) is 36.1 Å². The lowest BCUT2D eigenvalue weighted by molar-refractivity contribution is -0.0465. The minimum atomic E-state index is -0.478. The third-order valence-electron chi connectivity index (χ3n) is 5.30. The number of hydrogen-bond donors (Lipinski definition) is 0. The fraction of sp³-hybridized carbons (Fsp3) is 0.381. The Hall–Kier alpha value is -2.91. The molecular formula is C21H23N5O. The third kappa shape index (κ3) is 2.94. The molecule has 1 atom stereocenters. The van der Waals surface area contributed by atoms with Crippen LogP contribution in [0, 0.1) is 25.2 Å². The molecule has 1 fully saturated rings. The van der Waals surface area contributed by atoms with Gasteiger partial charge in [-0.15, -0.1) is 0 Å². The van der Waals surface area contributed by atoms with Crippen molar-refractivity contribution in [3.63, 3.8) is 0 Å². The minimum absolute atomic E-state index is 0.478. The van der Waals surface area contributed by atoms with Crippen LogP contribution in [0.15, 0.2) is 30.7 Å². The molecule has 27 heavy (non-hydrogen) atoms. The molecule has 6 heteroatoms. The Morgan fingerprint density at radius 1 is 1.26 bits per heavy atom. The summed E-state index contributed by atoms with van der Waals surface area (Å²) >= 11 is 0. The topological polar surface area (TPSA) is 67.0 Å². The highest BCUT2D eigenvalue weighted by Gasteiger charge is 2.36. The quantitative estimate of drug-likeness (QED) is 0.701. The summed E-state index contributed by atoms with van der Waals surface area (Å²) < 4.78 is 7.95. The molecule has 0 aliphatic carbocycles. The normalized spacial score (nSPS) is 20.0. The number of morpholine rings is 1. The SMILES string of the molecule is Cc1cc(C)c2ncc(C#N)c(N3CCOC(C)(c4cnn(C)c4)C3)c2c1. The molecule has 0 spiro atoms. The van der Waals surface area contributed by atoms with E-state index >= 15 is 0 Å². The van der Waals surface area contributed by atoms with Crippen molar-refractivity contribution in [3.8, 4) is 6.07 Å². The Morgan fingerprint density at radius 3 is 2.78 bits per heavy atom. The zero-order valence-corrected chi connectivity index (χ0v) is 16.2. The van der Waals surface area contributed by atoms with Crippen LogP contribution in [0.25, 0.3) is 10.9 Å². The number of nitriles is 1. The second-order valence-corrected chi connectivity index (χ2v) is 7.51. The van der Waals surface area contributed by atoms with E-state index in [4.69, 9.17) is 4.74 Å². The highest BCUT2D eigenvalue weighted by molar-refractivity contribution is 5.96. The molecule has 1 aliphatic rings. The van der Waals surface area contributed by atoms with Crippen LogP contribution >= 0.6 is 0 Å². The van der Waals surface area contributed by atoms with Gasteiger partial charge >= 0.3 is 0 Å². The van der Waals surface area contributed by atoms with Gasteiger partial charge in [0, 0.05) is 36.9 Å². The first kappa shape index (κ1) is 17.5. The van der Waals surface area contributed by atoms with Crippen LogP contribution in [-0.4, -0.2) is 34.5 Å². The molecule has 0 bridgehead atoms. The first-order valence-electron chi connectivity index (χ1n) is 9.09. The van der Waals surface area contributed by atoms with Gasteiger partial charge in [-0.3, -0.25) is 9.67 Å². The van der Waals surface area contributed by atoms with Crippen LogP contribution < -0.4 is 4.90 Å². The van der Waals surface area contributed by atoms with E-state index in [-0.39, 0.29) is 0 Å². The van der Waals surface area contributed by atoms with E-state index in [1.54, 1.807) is 10.9 Å². The fourth-order valence-electron chi connectivity index (χ4n) is 4.00. The van der Waals surface area contributed by atoms with Crippen molar-refractivity contribution in [1.29, 1.82) is 5.26 Å². The van der Waals surface area contributed by atoms with Gasteiger partial charge in [0.15, 0.2) is 0 Å². The summed E-state index contributed by atoms with van der Waals surface area (Å²) in [6.07, 6.45) is 5.54. The third-order valence-corrected chi connectivity index (χ3v) is 5.30. The highest BCUT2D eigenvalue weighted by atomic mass is 16.5. The van der Waals surface area contributed by atoms with Crippen LogP contribution in [-0.2, 0) is 17.4 Å². The van der Waals surface area contributed by atoms with Gasteiger partial charge in [0.1, 0.15) is 11.7 Å². The van der Waals surface area contributed by atoms with Crippen molar-refractivity contribution in [2.75, 3.05) is 24.6 Å². The molecule has 4 rings (SSSR count). The maximum atomic E-state index is 9.74. The molecule has 0 saturated carbocycles. The van der Waals surface area contributed by atoms with Gasteiger partial charge < -0.3 is 9.64 Å². The van der Waals surface area contributed by atoms with Crippen LogP contribution in [0.5, 0.6) is 0 Å². The number of aromatic nitrogens is 3. The van der Waals surface area contributed by atoms with Crippen LogP contribution in [0.2, 0.25) is 0 Å². The second kappa shape index (κ2) is 6.36.